The molecule has 0 saturated heterocycles. The highest BCUT2D eigenvalue weighted by Gasteiger charge is 2.27. The predicted octanol–water partition coefficient (Wildman–Crippen LogP) is 2.69. The van der Waals surface area contributed by atoms with Crippen LogP contribution in [0.25, 0.3) is 0 Å². The molecule has 19 heavy (non-hydrogen) atoms. The van der Waals surface area contributed by atoms with Gasteiger partial charge in [-0.2, -0.15) is 0 Å². The first-order valence-electron chi connectivity index (χ1n) is 7.05. The fourth-order valence-corrected chi connectivity index (χ4v) is 3.05. The molecule has 104 valence electrons. The van der Waals surface area contributed by atoms with Crippen LogP contribution in [0.3, 0.4) is 0 Å². The molecule has 1 heterocycles. The van der Waals surface area contributed by atoms with Crippen molar-refractivity contribution in [1.29, 1.82) is 5.41 Å². The molecule has 0 spiro atoms. The van der Waals surface area contributed by atoms with Gasteiger partial charge in [-0.05, 0) is 37.8 Å². The monoisotopic (exact) mass is 260 g/mol. The highest BCUT2D eigenvalue weighted by molar-refractivity contribution is 5.99. The van der Waals surface area contributed by atoms with Crippen LogP contribution in [0.2, 0.25) is 0 Å². The van der Waals surface area contributed by atoms with Crippen LogP contribution >= 0.6 is 0 Å². The molecule has 4 heteroatoms. The molecule has 1 aromatic rings. The van der Waals surface area contributed by atoms with Crippen molar-refractivity contribution < 1.29 is 0 Å². The fourth-order valence-electron chi connectivity index (χ4n) is 3.05. The number of amidine groups is 1. The third-order valence-corrected chi connectivity index (χ3v) is 4.20. The average molecular weight is 260 g/mol. The van der Waals surface area contributed by atoms with Gasteiger partial charge in [-0.1, -0.05) is 19.8 Å². The van der Waals surface area contributed by atoms with E-state index >= 15 is 0 Å². The van der Waals surface area contributed by atoms with Crippen molar-refractivity contribution in [3.8, 4) is 0 Å². The molecule has 4 nitrogen and oxygen atoms in total. The number of nitrogens with zero attached hydrogens (tertiary/aromatic N) is 2. The molecule has 3 N–H and O–H groups in total. The van der Waals surface area contributed by atoms with Gasteiger partial charge in [0.15, 0.2) is 0 Å². The zero-order valence-electron chi connectivity index (χ0n) is 12.1. The molecule has 1 fully saturated rings. The molecule has 2 unspecified atom stereocenters. The summed E-state index contributed by atoms with van der Waals surface area (Å²) in [5.74, 6) is 1.62. The number of aryl methyl sites for hydroxylation is 1. The lowest BCUT2D eigenvalue weighted by Gasteiger charge is -2.37. The van der Waals surface area contributed by atoms with Gasteiger partial charge in [0, 0.05) is 18.8 Å². The number of aromatic nitrogens is 1. The second-order valence-electron chi connectivity index (χ2n) is 5.68. The SMILES string of the molecule is Cc1ccc(C(=N)N)c(N(C)C2CCCCC2C)n1. The van der Waals surface area contributed by atoms with Crippen molar-refractivity contribution in [2.75, 3.05) is 11.9 Å². The van der Waals surface area contributed by atoms with Gasteiger partial charge in [-0.3, -0.25) is 5.41 Å². The summed E-state index contributed by atoms with van der Waals surface area (Å²) in [5.41, 5.74) is 7.39. The average Bonchev–Trinajstić information content (AvgIpc) is 2.38. The van der Waals surface area contributed by atoms with Gasteiger partial charge in [0.05, 0.1) is 5.56 Å². The van der Waals surface area contributed by atoms with Crippen LogP contribution in [0.15, 0.2) is 12.1 Å². The minimum absolute atomic E-state index is 0.0952. The number of anilines is 1. The molecule has 0 bridgehead atoms. The van der Waals surface area contributed by atoms with Gasteiger partial charge in [0.2, 0.25) is 0 Å². The van der Waals surface area contributed by atoms with E-state index in [2.05, 4.69) is 23.9 Å². The Morgan fingerprint density at radius 2 is 2.05 bits per heavy atom. The van der Waals surface area contributed by atoms with E-state index in [9.17, 15) is 0 Å². The normalized spacial score (nSPS) is 23.1. The van der Waals surface area contributed by atoms with E-state index in [1.165, 1.54) is 25.7 Å². The largest absolute Gasteiger partial charge is 0.384 e. The van der Waals surface area contributed by atoms with Crippen LogP contribution in [0.4, 0.5) is 5.82 Å². The summed E-state index contributed by atoms with van der Waals surface area (Å²) in [6.45, 7) is 4.29. The topological polar surface area (TPSA) is 66.0 Å². The van der Waals surface area contributed by atoms with Gasteiger partial charge in [-0.25, -0.2) is 4.98 Å². The lowest BCUT2D eigenvalue weighted by molar-refractivity contribution is 0.320. The van der Waals surface area contributed by atoms with E-state index in [1.54, 1.807) is 0 Å². The summed E-state index contributed by atoms with van der Waals surface area (Å²) in [4.78, 5) is 6.84. The number of hydrogen-bond donors (Lipinski definition) is 2. The van der Waals surface area contributed by atoms with Crippen molar-refractivity contribution >= 4 is 11.7 Å². The summed E-state index contributed by atoms with van der Waals surface area (Å²) in [6, 6.07) is 4.32. The Hall–Kier alpha value is -1.58. The Morgan fingerprint density at radius 1 is 1.37 bits per heavy atom. The van der Waals surface area contributed by atoms with Gasteiger partial charge in [0.1, 0.15) is 11.7 Å². The predicted molar refractivity (Wildman–Crippen MR) is 79.8 cm³/mol. The zero-order valence-corrected chi connectivity index (χ0v) is 12.1. The van der Waals surface area contributed by atoms with Crippen LogP contribution in [0, 0.1) is 18.3 Å². The zero-order chi connectivity index (χ0) is 14.0. The summed E-state index contributed by atoms with van der Waals surface area (Å²) >= 11 is 0. The van der Waals surface area contributed by atoms with Crippen LogP contribution in [0.1, 0.15) is 43.9 Å². The van der Waals surface area contributed by atoms with E-state index < -0.39 is 0 Å². The first kappa shape index (κ1) is 13.8. The van der Waals surface area contributed by atoms with Gasteiger partial charge >= 0.3 is 0 Å². The van der Waals surface area contributed by atoms with Crippen LogP contribution in [-0.4, -0.2) is 23.9 Å². The number of hydrogen-bond acceptors (Lipinski definition) is 3. The first-order valence-corrected chi connectivity index (χ1v) is 7.05. The molecule has 0 amide bonds. The molecule has 1 aliphatic rings. The summed E-state index contributed by atoms with van der Waals surface area (Å²) < 4.78 is 0. The molecular formula is C15H24N4. The third kappa shape index (κ3) is 2.88. The maximum absolute atomic E-state index is 7.72. The Balaban J connectivity index is 2.34. The maximum Gasteiger partial charge on any atom is 0.139 e. The van der Waals surface area contributed by atoms with Crippen molar-refractivity contribution in [2.45, 2.75) is 45.6 Å². The Bertz CT molecular complexity index is 469. The molecule has 1 aliphatic carbocycles. The standard InChI is InChI=1S/C15H24N4/c1-10-6-4-5-7-13(10)19(3)15-12(14(16)17)9-8-11(2)18-15/h8-10,13H,4-7H2,1-3H3,(H3,16,17). The van der Waals surface area contributed by atoms with E-state index in [1.807, 2.05) is 19.1 Å². The molecule has 0 aromatic carbocycles. The van der Waals surface area contributed by atoms with Crippen LogP contribution in [0.5, 0.6) is 0 Å². The minimum Gasteiger partial charge on any atom is -0.384 e. The van der Waals surface area contributed by atoms with Crippen molar-refractivity contribution in [2.24, 2.45) is 11.7 Å². The van der Waals surface area contributed by atoms with Crippen LogP contribution in [-0.2, 0) is 0 Å². The Kier molecular flexibility index (Phi) is 4.08. The third-order valence-electron chi connectivity index (χ3n) is 4.20. The molecule has 0 aliphatic heterocycles. The first-order chi connectivity index (χ1) is 9.00. The smallest absolute Gasteiger partial charge is 0.139 e. The van der Waals surface area contributed by atoms with E-state index in [0.29, 0.717) is 12.0 Å². The highest BCUT2D eigenvalue weighted by Crippen LogP contribution is 2.31. The molecular weight excluding hydrogens is 236 g/mol. The molecule has 1 saturated carbocycles. The quantitative estimate of drug-likeness (QED) is 0.648. The molecule has 2 rings (SSSR count). The summed E-state index contributed by atoms with van der Waals surface area (Å²) in [6.07, 6.45) is 5.08. The highest BCUT2D eigenvalue weighted by atomic mass is 15.2. The fraction of sp³-hybridized carbons (Fsp3) is 0.600. The number of nitrogens with two attached hydrogens (primary N) is 1. The Morgan fingerprint density at radius 3 is 2.68 bits per heavy atom. The lowest BCUT2D eigenvalue weighted by atomic mass is 9.85. The van der Waals surface area contributed by atoms with E-state index in [0.717, 1.165) is 17.1 Å². The Labute approximate surface area is 115 Å². The van der Waals surface area contributed by atoms with Crippen molar-refractivity contribution in [3.63, 3.8) is 0 Å². The van der Waals surface area contributed by atoms with E-state index in [-0.39, 0.29) is 5.84 Å². The summed E-state index contributed by atoms with van der Waals surface area (Å²) in [5, 5.41) is 7.72. The van der Waals surface area contributed by atoms with Gasteiger partial charge < -0.3 is 10.6 Å². The number of rotatable bonds is 3. The van der Waals surface area contributed by atoms with Gasteiger partial charge in [-0.15, -0.1) is 0 Å². The molecule has 2 atom stereocenters. The number of pyridine rings is 1. The molecule has 0 radical (unpaired) electrons. The number of nitrogens with one attached hydrogen (secondary N) is 1. The second kappa shape index (κ2) is 5.59. The van der Waals surface area contributed by atoms with E-state index in [4.69, 9.17) is 11.1 Å². The lowest BCUT2D eigenvalue weighted by Crippen LogP contribution is -2.40. The van der Waals surface area contributed by atoms with Crippen LogP contribution < -0.4 is 10.6 Å². The molecule has 1 aromatic heterocycles. The summed E-state index contributed by atoms with van der Waals surface area (Å²) in [7, 11) is 2.08. The van der Waals surface area contributed by atoms with Crippen molar-refractivity contribution in [3.05, 3.63) is 23.4 Å². The van der Waals surface area contributed by atoms with Gasteiger partial charge in [0.25, 0.3) is 0 Å². The maximum atomic E-state index is 7.72. The van der Waals surface area contributed by atoms with Crippen molar-refractivity contribution in [1.82, 2.24) is 4.98 Å². The number of nitrogen functional groups attached to an aromatic ring is 1. The minimum atomic E-state index is 0.0952. The second-order valence-corrected chi connectivity index (χ2v) is 5.68.